The molecule has 2 rings (SSSR count). The van der Waals surface area contributed by atoms with Gasteiger partial charge in [-0.2, -0.15) is 0 Å². The number of nitrogens with one attached hydrogen (secondary N) is 3. The number of rotatable bonds is 5. The lowest BCUT2D eigenvalue weighted by Gasteiger charge is -2.18. The number of aryl methyl sites for hydroxylation is 1. The Labute approximate surface area is 148 Å². The smallest absolute Gasteiger partial charge is 0.319 e. The molecule has 0 spiro atoms. The molecular weight excluding hydrogens is 314 g/mol. The van der Waals surface area contributed by atoms with Crippen LogP contribution in [0.25, 0.3) is 0 Å². The first-order valence-electron chi connectivity index (χ1n) is 8.34. The van der Waals surface area contributed by atoms with Gasteiger partial charge in [-0.15, -0.1) is 0 Å². The van der Waals surface area contributed by atoms with Gasteiger partial charge in [-0.3, -0.25) is 4.79 Å². The number of hydrogen-bond donors (Lipinski definition) is 3. The lowest BCUT2D eigenvalue weighted by atomic mass is 9.98. The van der Waals surface area contributed by atoms with Crippen molar-refractivity contribution >= 4 is 17.6 Å². The van der Waals surface area contributed by atoms with Gasteiger partial charge < -0.3 is 16.0 Å². The first-order chi connectivity index (χ1) is 11.9. The summed E-state index contributed by atoms with van der Waals surface area (Å²) in [6, 6.07) is 13.0. The van der Waals surface area contributed by atoms with E-state index in [1.165, 1.54) is 11.1 Å². The number of hydrogen-bond acceptors (Lipinski definition) is 2. The second-order valence-corrected chi connectivity index (χ2v) is 6.16. The van der Waals surface area contributed by atoms with Gasteiger partial charge in [0.15, 0.2) is 0 Å². The number of anilines is 1. The average Bonchev–Trinajstić information content (AvgIpc) is 2.58. The van der Waals surface area contributed by atoms with Crippen LogP contribution in [0.15, 0.2) is 42.5 Å². The minimum atomic E-state index is -0.257. The molecule has 1 atom stereocenters. The molecule has 0 saturated heterocycles. The molecule has 5 heteroatoms. The topological polar surface area (TPSA) is 70.2 Å². The van der Waals surface area contributed by atoms with Crippen LogP contribution in [-0.4, -0.2) is 19.0 Å². The molecule has 2 aromatic rings. The van der Waals surface area contributed by atoms with E-state index in [0.29, 0.717) is 12.1 Å². The zero-order valence-corrected chi connectivity index (χ0v) is 15.1. The van der Waals surface area contributed by atoms with Crippen molar-refractivity contribution in [1.29, 1.82) is 0 Å². The molecule has 0 bridgehead atoms. The van der Waals surface area contributed by atoms with E-state index in [1.807, 2.05) is 31.2 Å². The zero-order valence-electron chi connectivity index (χ0n) is 15.1. The Morgan fingerprint density at radius 3 is 2.36 bits per heavy atom. The second-order valence-electron chi connectivity index (χ2n) is 6.16. The normalized spacial score (nSPS) is 11.5. The van der Waals surface area contributed by atoms with Crippen LogP contribution in [-0.2, 0) is 11.2 Å². The quantitative estimate of drug-likeness (QED) is 0.780. The average molecular weight is 339 g/mol. The molecule has 0 saturated carbocycles. The number of benzene rings is 2. The van der Waals surface area contributed by atoms with Crippen LogP contribution in [0.2, 0.25) is 0 Å². The van der Waals surface area contributed by atoms with E-state index in [-0.39, 0.29) is 18.0 Å². The van der Waals surface area contributed by atoms with Gasteiger partial charge in [-0.1, -0.05) is 30.3 Å². The Morgan fingerprint density at radius 1 is 1.04 bits per heavy atom. The molecule has 2 aromatic carbocycles. The third kappa shape index (κ3) is 5.08. The summed E-state index contributed by atoms with van der Waals surface area (Å²) in [5, 5.41) is 8.36. The minimum Gasteiger partial charge on any atom is -0.359 e. The summed E-state index contributed by atoms with van der Waals surface area (Å²) in [5.74, 6) is -0.0409. The molecule has 0 unspecified atom stereocenters. The van der Waals surface area contributed by atoms with Gasteiger partial charge in [0.25, 0.3) is 0 Å². The van der Waals surface area contributed by atoms with Crippen molar-refractivity contribution in [3.05, 3.63) is 64.7 Å². The summed E-state index contributed by atoms with van der Waals surface area (Å²) in [5.41, 5.74) is 5.09. The van der Waals surface area contributed by atoms with E-state index in [1.54, 1.807) is 19.2 Å². The third-order valence-electron chi connectivity index (χ3n) is 4.32. The molecule has 25 heavy (non-hydrogen) atoms. The summed E-state index contributed by atoms with van der Waals surface area (Å²) in [4.78, 5) is 23.6. The van der Waals surface area contributed by atoms with Gasteiger partial charge >= 0.3 is 6.03 Å². The predicted molar refractivity (Wildman–Crippen MR) is 101 cm³/mol. The SMILES string of the molecule is CNC(=O)Cc1ccc(NC(=O)N[C@H](C)c2cccc(C)c2C)cc1. The number of carbonyl (C=O) groups is 2. The fourth-order valence-electron chi connectivity index (χ4n) is 2.66. The molecule has 0 aliphatic rings. The largest absolute Gasteiger partial charge is 0.359 e. The highest BCUT2D eigenvalue weighted by molar-refractivity contribution is 5.89. The van der Waals surface area contributed by atoms with Crippen molar-refractivity contribution in [3.63, 3.8) is 0 Å². The van der Waals surface area contributed by atoms with Crippen LogP contribution in [0.3, 0.4) is 0 Å². The Bertz CT molecular complexity index is 754. The number of likely N-dealkylation sites (N-methyl/N-ethyl adjacent to an activating group) is 1. The minimum absolute atomic E-state index is 0.0409. The van der Waals surface area contributed by atoms with Crippen LogP contribution in [0.1, 0.15) is 35.2 Å². The van der Waals surface area contributed by atoms with Crippen LogP contribution < -0.4 is 16.0 Å². The molecule has 0 aliphatic carbocycles. The first-order valence-corrected chi connectivity index (χ1v) is 8.34. The van der Waals surface area contributed by atoms with E-state index in [0.717, 1.165) is 11.1 Å². The van der Waals surface area contributed by atoms with Gasteiger partial charge in [0.2, 0.25) is 5.91 Å². The highest BCUT2D eigenvalue weighted by atomic mass is 16.2. The molecule has 132 valence electrons. The van der Waals surface area contributed by atoms with Crippen molar-refractivity contribution in [2.24, 2.45) is 0 Å². The molecule has 0 fully saturated rings. The van der Waals surface area contributed by atoms with Crippen LogP contribution in [0.4, 0.5) is 10.5 Å². The first kappa shape index (κ1) is 18.5. The summed E-state index contributed by atoms with van der Waals surface area (Å²) in [7, 11) is 1.61. The van der Waals surface area contributed by atoms with E-state index < -0.39 is 0 Å². The summed E-state index contributed by atoms with van der Waals surface area (Å²) < 4.78 is 0. The van der Waals surface area contributed by atoms with Crippen molar-refractivity contribution in [3.8, 4) is 0 Å². The number of urea groups is 1. The van der Waals surface area contributed by atoms with Gasteiger partial charge in [0, 0.05) is 12.7 Å². The van der Waals surface area contributed by atoms with Crippen LogP contribution >= 0.6 is 0 Å². The Morgan fingerprint density at radius 2 is 1.72 bits per heavy atom. The maximum absolute atomic E-state index is 12.2. The monoisotopic (exact) mass is 339 g/mol. The molecule has 0 radical (unpaired) electrons. The Kier molecular flexibility index (Phi) is 6.17. The van der Waals surface area contributed by atoms with E-state index in [4.69, 9.17) is 0 Å². The fourth-order valence-corrected chi connectivity index (χ4v) is 2.66. The lowest BCUT2D eigenvalue weighted by Crippen LogP contribution is -2.31. The van der Waals surface area contributed by atoms with Crippen molar-refractivity contribution < 1.29 is 9.59 Å². The van der Waals surface area contributed by atoms with Crippen LogP contribution in [0.5, 0.6) is 0 Å². The molecule has 3 N–H and O–H groups in total. The molecular formula is C20H25N3O2. The van der Waals surface area contributed by atoms with E-state index in [9.17, 15) is 9.59 Å². The highest BCUT2D eigenvalue weighted by Crippen LogP contribution is 2.20. The van der Waals surface area contributed by atoms with Gasteiger partial charge in [0.05, 0.1) is 12.5 Å². The molecule has 0 aliphatic heterocycles. The molecule has 3 amide bonds. The van der Waals surface area contributed by atoms with Crippen LogP contribution in [0, 0.1) is 13.8 Å². The van der Waals surface area contributed by atoms with E-state index in [2.05, 4.69) is 35.9 Å². The standard InChI is InChI=1S/C20H25N3O2/c1-13-6-5-7-18(14(13)2)15(3)22-20(25)23-17-10-8-16(9-11-17)12-19(24)21-4/h5-11,15H,12H2,1-4H3,(H,21,24)(H2,22,23,25)/t15-/m1/s1. The van der Waals surface area contributed by atoms with Crippen molar-refractivity contribution in [2.75, 3.05) is 12.4 Å². The zero-order chi connectivity index (χ0) is 18.4. The van der Waals surface area contributed by atoms with Gasteiger partial charge in [-0.05, 0) is 55.2 Å². The highest BCUT2D eigenvalue weighted by Gasteiger charge is 2.12. The van der Waals surface area contributed by atoms with E-state index >= 15 is 0 Å². The molecule has 0 aromatic heterocycles. The maximum Gasteiger partial charge on any atom is 0.319 e. The Hall–Kier alpha value is -2.82. The number of amides is 3. The summed E-state index contributed by atoms with van der Waals surface area (Å²) in [6.45, 7) is 6.09. The third-order valence-corrected chi connectivity index (χ3v) is 4.32. The lowest BCUT2D eigenvalue weighted by molar-refractivity contribution is -0.119. The summed E-state index contributed by atoms with van der Waals surface area (Å²) >= 11 is 0. The second kappa shape index (κ2) is 8.33. The van der Waals surface area contributed by atoms with Gasteiger partial charge in [0.1, 0.15) is 0 Å². The van der Waals surface area contributed by atoms with Crippen molar-refractivity contribution in [2.45, 2.75) is 33.2 Å². The maximum atomic E-state index is 12.2. The predicted octanol–water partition coefficient (Wildman–Crippen LogP) is 3.47. The molecule has 0 heterocycles. The Balaban J connectivity index is 1.95. The number of carbonyl (C=O) groups excluding carboxylic acids is 2. The summed E-state index contributed by atoms with van der Waals surface area (Å²) in [6.07, 6.45) is 0.326. The van der Waals surface area contributed by atoms with Crippen molar-refractivity contribution in [1.82, 2.24) is 10.6 Å². The molecule has 5 nitrogen and oxygen atoms in total. The fraction of sp³-hybridized carbons (Fsp3) is 0.300. The van der Waals surface area contributed by atoms with Gasteiger partial charge in [-0.25, -0.2) is 4.79 Å².